The molecule has 0 saturated carbocycles. The molecular formula is C66H123NO5. The maximum Gasteiger partial charge on any atom is 0.249 e. The van der Waals surface area contributed by atoms with Crippen LogP contribution in [0.25, 0.3) is 0 Å². The number of unbranched alkanes of at least 4 members (excludes halogenated alkanes) is 39. The smallest absolute Gasteiger partial charge is 0.249 e. The van der Waals surface area contributed by atoms with E-state index < -0.39 is 36.9 Å². The number of aliphatic hydroxyl groups is 4. The predicted molar refractivity (Wildman–Crippen MR) is 316 cm³/mol. The standard InChI is InChI=1S/C66H123NO5/c1-3-5-7-9-11-13-15-17-19-21-23-25-27-29-31-32-33-34-36-37-39-41-43-45-47-49-51-53-55-57-59-63(69)65(71)62(61-68)67-66(72)64(70)60-58-56-54-52-50-48-46-44-42-40-38-35-30-28-26-24-22-20-18-16-14-12-10-8-6-4-2/h24,26,30,35-37,43,45,51,53,62-65,68-71H,3-23,25,27-29,31-34,38-42,44,46-50,52,54-61H2,1-2H3,(H,67,72)/b26-24-,35-30-,37-36+,45-43+,53-51+. The molecule has 0 fully saturated rings. The van der Waals surface area contributed by atoms with Crippen molar-refractivity contribution < 1.29 is 25.2 Å². The summed E-state index contributed by atoms with van der Waals surface area (Å²) in [7, 11) is 0. The molecular weight excluding hydrogens is 887 g/mol. The molecule has 72 heavy (non-hydrogen) atoms. The van der Waals surface area contributed by atoms with Gasteiger partial charge in [-0.2, -0.15) is 0 Å². The van der Waals surface area contributed by atoms with E-state index in [9.17, 15) is 25.2 Å². The number of rotatable bonds is 58. The van der Waals surface area contributed by atoms with Crippen LogP contribution in [0.1, 0.15) is 322 Å². The van der Waals surface area contributed by atoms with Gasteiger partial charge in [-0.15, -0.1) is 0 Å². The minimum atomic E-state index is -1.30. The third-order valence-electron chi connectivity index (χ3n) is 14.7. The second-order valence-corrected chi connectivity index (χ2v) is 21.7. The molecule has 422 valence electrons. The summed E-state index contributed by atoms with van der Waals surface area (Å²) in [6.45, 7) is 4.07. The Morgan fingerprint density at radius 2 is 0.625 bits per heavy atom. The third-order valence-corrected chi connectivity index (χ3v) is 14.7. The number of allylic oxidation sites excluding steroid dienone is 10. The van der Waals surface area contributed by atoms with Gasteiger partial charge in [0, 0.05) is 0 Å². The molecule has 0 saturated heterocycles. The van der Waals surface area contributed by atoms with Crippen molar-refractivity contribution in [2.24, 2.45) is 0 Å². The Kier molecular flexibility index (Phi) is 58.2. The van der Waals surface area contributed by atoms with Crippen LogP contribution >= 0.6 is 0 Å². The highest BCUT2D eigenvalue weighted by Gasteiger charge is 2.28. The largest absolute Gasteiger partial charge is 0.394 e. The summed E-state index contributed by atoms with van der Waals surface area (Å²) in [6, 6.07) is -1.02. The molecule has 4 atom stereocenters. The fourth-order valence-electron chi connectivity index (χ4n) is 9.71. The highest BCUT2D eigenvalue weighted by molar-refractivity contribution is 5.80. The van der Waals surface area contributed by atoms with Crippen LogP contribution in [-0.2, 0) is 4.79 Å². The Balaban J connectivity index is 3.69. The highest BCUT2D eigenvalue weighted by atomic mass is 16.3. The van der Waals surface area contributed by atoms with Crippen molar-refractivity contribution in [3.8, 4) is 0 Å². The number of hydrogen-bond acceptors (Lipinski definition) is 5. The lowest BCUT2D eigenvalue weighted by Gasteiger charge is -2.27. The average molecular weight is 1010 g/mol. The molecule has 0 aromatic carbocycles. The molecule has 0 spiro atoms. The lowest BCUT2D eigenvalue weighted by atomic mass is 10.00. The van der Waals surface area contributed by atoms with Crippen LogP contribution in [-0.4, -0.2) is 57.3 Å². The zero-order valence-electron chi connectivity index (χ0n) is 47.9. The first-order valence-corrected chi connectivity index (χ1v) is 31.7. The second-order valence-electron chi connectivity index (χ2n) is 21.7. The van der Waals surface area contributed by atoms with E-state index >= 15 is 0 Å². The first-order valence-electron chi connectivity index (χ1n) is 31.7. The molecule has 0 radical (unpaired) electrons. The van der Waals surface area contributed by atoms with Crippen molar-refractivity contribution >= 4 is 5.91 Å². The van der Waals surface area contributed by atoms with Crippen LogP contribution < -0.4 is 5.32 Å². The van der Waals surface area contributed by atoms with Gasteiger partial charge in [-0.1, -0.05) is 286 Å². The number of nitrogens with one attached hydrogen (secondary N) is 1. The minimum absolute atomic E-state index is 0.353. The van der Waals surface area contributed by atoms with Gasteiger partial charge in [-0.25, -0.2) is 0 Å². The zero-order chi connectivity index (χ0) is 52.3. The molecule has 0 heterocycles. The van der Waals surface area contributed by atoms with Gasteiger partial charge in [0.1, 0.15) is 12.2 Å². The van der Waals surface area contributed by atoms with Crippen molar-refractivity contribution in [3.05, 3.63) is 60.8 Å². The molecule has 6 nitrogen and oxygen atoms in total. The summed E-state index contributed by atoms with van der Waals surface area (Å²) in [5.74, 6) is -0.600. The monoisotopic (exact) mass is 1010 g/mol. The van der Waals surface area contributed by atoms with Gasteiger partial charge in [0.15, 0.2) is 0 Å². The van der Waals surface area contributed by atoms with Crippen LogP contribution in [0.5, 0.6) is 0 Å². The number of carbonyl (C=O) groups excluding carboxylic acids is 1. The van der Waals surface area contributed by atoms with Crippen molar-refractivity contribution in [1.29, 1.82) is 0 Å². The second kappa shape index (κ2) is 59.9. The van der Waals surface area contributed by atoms with Crippen molar-refractivity contribution in [3.63, 3.8) is 0 Å². The van der Waals surface area contributed by atoms with Gasteiger partial charge < -0.3 is 25.7 Å². The fourth-order valence-corrected chi connectivity index (χ4v) is 9.71. The summed E-state index contributed by atoms with van der Waals surface area (Å²) >= 11 is 0. The molecule has 4 unspecified atom stereocenters. The summed E-state index contributed by atoms with van der Waals surface area (Å²) in [5.41, 5.74) is 0. The molecule has 0 aliphatic carbocycles. The number of hydrogen-bond donors (Lipinski definition) is 5. The molecule has 0 aliphatic rings. The van der Waals surface area contributed by atoms with Crippen LogP contribution in [0.15, 0.2) is 60.8 Å². The molecule has 6 heteroatoms. The molecule has 1 amide bonds. The fraction of sp³-hybridized carbons (Fsp3) is 0.833. The number of aliphatic hydroxyl groups excluding tert-OH is 4. The van der Waals surface area contributed by atoms with Crippen molar-refractivity contribution in [2.45, 2.75) is 346 Å². The zero-order valence-corrected chi connectivity index (χ0v) is 47.9. The summed E-state index contributed by atoms with van der Waals surface area (Å²) in [4.78, 5) is 12.6. The van der Waals surface area contributed by atoms with Crippen LogP contribution in [0.3, 0.4) is 0 Å². The Morgan fingerprint density at radius 3 is 0.958 bits per heavy atom. The topological polar surface area (TPSA) is 110 Å². The maximum absolute atomic E-state index is 12.6. The van der Waals surface area contributed by atoms with Gasteiger partial charge in [0.05, 0.1) is 18.8 Å². The maximum atomic E-state index is 12.6. The van der Waals surface area contributed by atoms with Crippen molar-refractivity contribution in [1.82, 2.24) is 5.32 Å². The van der Waals surface area contributed by atoms with Crippen LogP contribution in [0.4, 0.5) is 0 Å². The first kappa shape index (κ1) is 70.0. The van der Waals surface area contributed by atoms with Crippen molar-refractivity contribution in [2.75, 3.05) is 6.61 Å². The van der Waals surface area contributed by atoms with E-state index in [1.807, 2.05) is 0 Å². The van der Waals surface area contributed by atoms with E-state index in [0.29, 0.717) is 19.3 Å². The minimum Gasteiger partial charge on any atom is -0.394 e. The average Bonchev–Trinajstić information content (AvgIpc) is 3.39. The summed E-state index contributed by atoms with van der Waals surface area (Å²) in [5, 5.41) is 44.1. The van der Waals surface area contributed by atoms with E-state index in [2.05, 4.69) is 79.9 Å². The first-order chi connectivity index (χ1) is 35.5. The van der Waals surface area contributed by atoms with E-state index in [1.54, 1.807) is 0 Å². The Labute approximate surface area is 448 Å². The predicted octanol–water partition coefficient (Wildman–Crippen LogP) is 19.1. The lowest BCUT2D eigenvalue weighted by molar-refractivity contribution is -0.132. The quantitative estimate of drug-likeness (QED) is 0.0308. The van der Waals surface area contributed by atoms with Gasteiger partial charge in [-0.05, 0) is 96.3 Å². The molecule has 0 aromatic rings. The molecule has 0 aliphatic heterocycles. The summed E-state index contributed by atoms with van der Waals surface area (Å²) in [6.07, 6.45) is 78.9. The Bertz CT molecular complexity index is 1230. The highest BCUT2D eigenvalue weighted by Crippen LogP contribution is 2.17. The van der Waals surface area contributed by atoms with Gasteiger partial charge in [0.25, 0.3) is 0 Å². The van der Waals surface area contributed by atoms with Gasteiger partial charge in [0.2, 0.25) is 5.91 Å². The molecule has 0 bridgehead atoms. The van der Waals surface area contributed by atoms with Gasteiger partial charge in [-0.3, -0.25) is 4.79 Å². The van der Waals surface area contributed by atoms with E-state index in [4.69, 9.17) is 0 Å². The SMILES string of the molecule is CCCCCCCCCCC/C=C\C/C=C\CCCCCCCCCCCCC(O)C(=O)NC(CO)C(O)C(O)CCC/C=C/CC/C=C/CC/C=C/CCCCCCCCCCCCCCCCCCC. The van der Waals surface area contributed by atoms with E-state index in [0.717, 1.165) is 57.8 Å². The Morgan fingerprint density at radius 1 is 0.347 bits per heavy atom. The number of carbonyl (C=O) groups is 1. The van der Waals surface area contributed by atoms with E-state index in [1.165, 1.54) is 231 Å². The van der Waals surface area contributed by atoms with Crippen LogP contribution in [0.2, 0.25) is 0 Å². The van der Waals surface area contributed by atoms with Gasteiger partial charge >= 0.3 is 0 Å². The third kappa shape index (κ3) is 52.9. The normalized spacial score (nSPS) is 14.0. The van der Waals surface area contributed by atoms with E-state index in [-0.39, 0.29) is 0 Å². The Hall–Kier alpha value is -1.99. The number of amides is 1. The lowest BCUT2D eigenvalue weighted by Crippen LogP contribution is -2.53. The molecule has 0 aromatic heterocycles. The van der Waals surface area contributed by atoms with Crippen LogP contribution in [0, 0.1) is 0 Å². The molecule has 0 rings (SSSR count). The summed E-state index contributed by atoms with van der Waals surface area (Å²) < 4.78 is 0. The molecule has 5 N–H and O–H groups in total.